The van der Waals surface area contributed by atoms with Crippen LogP contribution in [0.15, 0.2) is 57.8 Å². The van der Waals surface area contributed by atoms with Crippen LogP contribution in [0.5, 0.6) is 0 Å². The van der Waals surface area contributed by atoms with Crippen LogP contribution in [0.3, 0.4) is 0 Å². The van der Waals surface area contributed by atoms with Crippen LogP contribution < -0.4 is 5.32 Å². The highest BCUT2D eigenvalue weighted by Crippen LogP contribution is 2.24. The van der Waals surface area contributed by atoms with Crippen LogP contribution >= 0.6 is 0 Å². The number of anilines is 1. The highest BCUT2D eigenvalue weighted by molar-refractivity contribution is 7.84. The van der Waals surface area contributed by atoms with Crippen molar-refractivity contribution in [3.63, 3.8) is 0 Å². The Kier molecular flexibility index (Phi) is 4.81. The molecule has 0 radical (unpaired) electrons. The van der Waals surface area contributed by atoms with Crippen LogP contribution in [-0.2, 0) is 17.3 Å². The molecule has 0 saturated carbocycles. The van der Waals surface area contributed by atoms with Gasteiger partial charge in [0.05, 0.1) is 5.69 Å². The number of benzene rings is 2. The summed E-state index contributed by atoms with van der Waals surface area (Å²) in [4.78, 5) is 5.29. The summed E-state index contributed by atoms with van der Waals surface area (Å²) in [6.07, 6.45) is 1.69. The lowest BCUT2D eigenvalue weighted by atomic mass is 10.2. The van der Waals surface area contributed by atoms with E-state index in [9.17, 15) is 4.21 Å². The van der Waals surface area contributed by atoms with E-state index in [0.717, 1.165) is 33.2 Å². The molecule has 0 amide bonds. The van der Waals surface area contributed by atoms with E-state index in [4.69, 9.17) is 4.42 Å². The van der Waals surface area contributed by atoms with Crippen LogP contribution in [0.2, 0.25) is 0 Å². The molecule has 124 valence electrons. The molecule has 2 aromatic carbocycles. The number of hydrogen-bond acceptors (Lipinski definition) is 4. The first-order valence-electron chi connectivity index (χ1n) is 7.73. The minimum absolute atomic E-state index is 0.642. The first kappa shape index (κ1) is 16.5. The Morgan fingerprint density at radius 3 is 2.50 bits per heavy atom. The predicted molar refractivity (Wildman–Crippen MR) is 97.5 cm³/mol. The molecule has 24 heavy (non-hydrogen) atoms. The number of aromatic nitrogens is 1. The molecular weight excluding hydrogens is 320 g/mol. The monoisotopic (exact) mass is 340 g/mol. The lowest BCUT2D eigenvalue weighted by Crippen LogP contribution is -1.99. The molecule has 0 aliphatic rings. The van der Waals surface area contributed by atoms with Gasteiger partial charge in [-0.3, -0.25) is 4.21 Å². The van der Waals surface area contributed by atoms with Crippen molar-refractivity contribution in [1.29, 1.82) is 0 Å². The molecule has 3 rings (SSSR count). The molecule has 1 N–H and O–H groups in total. The smallest absolute Gasteiger partial charge is 0.226 e. The van der Waals surface area contributed by atoms with Gasteiger partial charge in [0.25, 0.3) is 0 Å². The number of rotatable bonds is 5. The number of nitrogens with one attached hydrogen (secondary N) is 1. The van der Waals surface area contributed by atoms with E-state index in [-0.39, 0.29) is 0 Å². The largest absolute Gasteiger partial charge is 0.441 e. The second-order valence-corrected chi connectivity index (χ2v) is 7.07. The molecule has 0 aliphatic heterocycles. The van der Waals surface area contributed by atoms with Crippen molar-refractivity contribution in [2.45, 2.75) is 25.3 Å². The highest BCUT2D eigenvalue weighted by atomic mass is 32.2. The molecule has 0 bridgehead atoms. The van der Waals surface area contributed by atoms with Gasteiger partial charge in [-0.05, 0) is 49.7 Å². The second kappa shape index (κ2) is 7.01. The zero-order chi connectivity index (χ0) is 17.1. The molecule has 0 saturated heterocycles. The van der Waals surface area contributed by atoms with E-state index in [2.05, 4.69) is 10.3 Å². The zero-order valence-corrected chi connectivity index (χ0v) is 14.8. The number of hydrogen-bond donors (Lipinski definition) is 1. The third-order valence-electron chi connectivity index (χ3n) is 3.89. The van der Waals surface area contributed by atoms with E-state index < -0.39 is 10.8 Å². The Morgan fingerprint density at radius 2 is 1.88 bits per heavy atom. The van der Waals surface area contributed by atoms with Crippen LogP contribution in [0.1, 0.15) is 17.0 Å². The lowest BCUT2D eigenvalue weighted by Gasteiger charge is -2.08. The number of oxazole rings is 1. The van der Waals surface area contributed by atoms with Crippen molar-refractivity contribution >= 4 is 16.5 Å². The quantitative estimate of drug-likeness (QED) is 0.752. The van der Waals surface area contributed by atoms with Gasteiger partial charge in [-0.25, -0.2) is 4.98 Å². The second-order valence-electron chi connectivity index (χ2n) is 5.69. The molecule has 0 aliphatic carbocycles. The Balaban J connectivity index is 1.71. The predicted octanol–water partition coefficient (Wildman–Crippen LogP) is 4.31. The summed E-state index contributed by atoms with van der Waals surface area (Å²) in [6, 6.07) is 15.8. The summed E-state index contributed by atoms with van der Waals surface area (Å²) < 4.78 is 17.1. The maximum atomic E-state index is 11.4. The summed E-state index contributed by atoms with van der Waals surface area (Å²) >= 11 is 0. The number of aryl methyl sites for hydroxylation is 2. The van der Waals surface area contributed by atoms with E-state index in [1.54, 1.807) is 6.26 Å². The Bertz CT molecular complexity index is 850. The summed E-state index contributed by atoms with van der Waals surface area (Å²) in [7, 11) is -0.939. The fourth-order valence-electron chi connectivity index (χ4n) is 2.36. The average molecular weight is 340 g/mol. The fourth-order valence-corrected chi connectivity index (χ4v) is 2.88. The van der Waals surface area contributed by atoms with Gasteiger partial charge in [-0.15, -0.1) is 0 Å². The molecule has 1 aromatic heterocycles. The van der Waals surface area contributed by atoms with Gasteiger partial charge in [-0.1, -0.05) is 18.2 Å². The van der Waals surface area contributed by atoms with Crippen molar-refractivity contribution in [1.82, 2.24) is 4.98 Å². The summed E-state index contributed by atoms with van der Waals surface area (Å²) in [6.45, 7) is 4.56. The van der Waals surface area contributed by atoms with Crippen molar-refractivity contribution in [3.05, 3.63) is 65.5 Å². The summed E-state index contributed by atoms with van der Waals surface area (Å²) in [5.74, 6) is 1.49. The molecule has 0 spiro atoms. The van der Waals surface area contributed by atoms with E-state index in [1.165, 1.54) is 0 Å². The van der Waals surface area contributed by atoms with Gasteiger partial charge in [-0.2, -0.15) is 0 Å². The minimum atomic E-state index is -0.939. The first-order valence-corrected chi connectivity index (χ1v) is 9.29. The van der Waals surface area contributed by atoms with Crippen molar-refractivity contribution in [2.75, 3.05) is 11.6 Å². The molecule has 1 atom stereocenters. The molecular formula is C19H20N2O2S. The topological polar surface area (TPSA) is 55.1 Å². The van der Waals surface area contributed by atoms with Gasteiger partial charge in [0.15, 0.2) is 0 Å². The molecule has 3 aromatic rings. The summed E-state index contributed by atoms with van der Waals surface area (Å²) in [5.41, 5.74) is 4.01. The molecule has 5 heteroatoms. The number of nitrogens with zero attached hydrogens (tertiary/aromatic N) is 1. The Labute approximate surface area is 144 Å². The van der Waals surface area contributed by atoms with Crippen molar-refractivity contribution in [2.24, 2.45) is 0 Å². The Hall–Kier alpha value is -2.40. The maximum absolute atomic E-state index is 11.4. The Morgan fingerprint density at radius 1 is 1.12 bits per heavy atom. The zero-order valence-electron chi connectivity index (χ0n) is 14.0. The van der Waals surface area contributed by atoms with Crippen LogP contribution in [0.4, 0.5) is 5.69 Å². The van der Waals surface area contributed by atoms with Crippen LogP contribution in [-0.4, -0.2) is 15.4 Å². The first-order chi connectivity index (χ1) is 11.5. The van der Waals surface area contributed by atoms with E-state index in [0.29, 0.717) is 12.4 Å². The van der Waals surface area contributed by atoms with Gasteiger partial charge in [0.2, 0.25) is 5.89 Å². The minimum Gasteiger partial charge on any atom is -0.441 e. The van der Waals surface area contributed by atoms with Crippen molar-refractivity contribution < 1.29 is 8.63 Å². The SMILES string of the molecule is Cc1nc(-c2cccc(NCc3ccc([S@](C)=O)cc3)c2)oc1C. The average Bonchev–Trinajstić information content (AvgIpc) is 2.93. The third kappa shape index (κ3) is 3.74. The normalized spacial score (nSPS) is 12.1. The van der Waals surface area contributed by atoms with E-state index >= 15 is 0 Å². The van der Waals surface area contributed by atoms with Crippen LogP contribution in [0.25, 0.3) is 11.5 Å². The highest BCUT2D eigenvalue weighted by Gasteiger charge is 2.08. The standard InChI is InChI=1S/C19H20N2O2S/c1-13-14(2)23-19(21-13)16-5-4-6-17(11-16)20-12-15-7-9-18(10-8-15)24(3)22/h4-11,20H,12H2,1-3H3/t24-/m0/s1. The lowest BCUT2D eigenvalue weighted by molar-refractivity contribution is 0.541. The van der Waals surface area contributed by atoms with Crippen molar-refractivity contribution in [3.8, 4) is 11.5 Å². The van der Waals surface area contributed by atoms with E-state index in [1.807, 2.05) is 62.4 Å². The van der Waals surface area contributed by atoms with Gasteiger partial charge < -0.3 is 9.73 Å². The molecule has 1 heterocycles. The molecule has 4 nitrogen and oxygen atoms in total. The van der Waals surface area contributed by atoms with Gasteiger partial charge in [0, 0.05) is 39.7 Å². The fraction of sp³-hybridized carbons (Fsp3) is 0.211. The summed E-state index contributed by atoms with van der Waals surface area (Å²) in [5, 5.41) is 3.40. The van der Waals surface area contributed by atoms with Gasteiger partial charge in [0.1, 0.15) is 5.76 Å². The third-order valence-corrected chi connectivity index (χ3v) is 4.83. The van der Waals surface area contributed by atoms with Crippen LogP contribution in [0, 0.1) is 13.8 Å². The molecule has 0 unspecified atom stereocenters. The molecule has 0 fully saturated rings. The maximum Gasteiger partial charge on any atom is 0.226 e. The van der Waals surface area contributed by atoms with Gasteiger partial charge >= 0.3 is 0 Å².